The van der Waals surface area contributed by atoms with E-state index in [0.717, 1.165) is 39.1 Å². The SMILES string of the molecule is CC[C@H](Oc1ccc(F)cc1)C(=O)NCC1(N2CCOCC2)CCCCC1. The summed E-state index contributed by atoms with van der Waals surface area (Å²) in [6, 6.07) is 5.80. The summed E-state index contributed by atoms with van der Waals surface area (Å²) in [5.74, 6) is 0.101. The summed E-state index contributed by atoms with van der Waals surface area (Å²) in [5.41, 5.74) is 0.0336. The van der Waals surface area contributed by atoms with E-state index in [2.05, 4.69) is 10.2 Å². The lowest BCUT2D eigenvalue weighted by Gasteiger charge is -2.48. The van der Waals surface area contributed by atoms with Gasteiger partial charge in [-0.25, -0.2) is 4.39 Å². The third-order valence-corrected chi connectivity index (χ3v) is 5.81. The molecule has 1 saturated heterocycles. The first kappa shape index (κ1) is 20.1. The van der Waals surface area contributed by atoms with Crippen LogP contribution in [-0.2, 0) is 9.53 Å². The first-order valence-corrected chi connectivity index (χ1v) is 10.2. The van der Waals surface area contributed by atoms with Gasteiger partial charge in [0.05, 0.1) is 13.2 Å². The third-order valence-electron chi connectivity index (χ3n) is 5.81. The molecular weight excluding hydrogens is 347 g/mol. The molecule has 1 aliphatic carbocycles. The van der Waals surface area contributed by atoms with Crippen LogP contribution in [0.15, 0.2) is 24.3 Å². The molecule has 0 bridgehead atoms. The maximum absolute atomic E-state index is 13.1. The second-order valence-electron chi connectivity index (χ2n) is 7.57. The number of carbonyl (C=O) groups excluding carboxylic acids is 1. The third kappa shape index (κ3) is 5.20. The van der Waals surface area contributed by atoms with Gasteiger partial charge in [0.15, 0.2) is 6.10 Å². The lowest BCUT2D eigenvalue weighted by molar-refractivity contribution is -0.129. The van der Waals surface area contributed by atoms with Crippen molar-refractivity contribution in [2.75, 3.05) is 32.8 Å². The van der Waals surface area contributed by atoms with Crippen LogP contribution >= 0.6 is 0 Å². The molecule has 3 rings (SSSR count). The number of halogens is 1. The average molecular weight is 378 g/mol. The zero-order valence-electron chi connectivity index (χ0n) is 16.2. The molecule has 1 amide bonds. The van der Waals surface area contributed by atoms with Gasteiger partial charge in [-0.05, 0) is 43.5 Å². The van der Waals surface area contributed by atoms with Crippen LogP contribution in [-0.4, -0.2) is 55.3 Å². The molecule has 1 saturated carbocycles. The number of nitrogens with one attached hydrogen (secondary N) is 1. The van der Waals surface area contributed by atoms with Gasteiger partial charge in [0, 0.05) is 25.2 Å². The number of nitrogens with zero attached hydrogens (tertiary/aromatic N) is 1. The number of amides is 1. The Hall–Kier alpha value is -1.66. The van der Waals surface area contributed by atoms with E-state index in [1.807, 2.05) is 6.92 Å². The molecule has 5 nitrogen and oxygen atoms in total. The lowest BCUT2D eigenvalue weighted by atomic mass is 9.79. The minimum Gasteiger partial charge on any atom is -0.481 e. The van der Waals surface area contributed by atoms with Crippen LogP contribution in [0, 0.1) is 5.82 Å². The summed E-state index contributed by atoms with van der Waals surface area (Å²) in [6.07, 6.45) is 5.90. The fraction of sp³-hybridized carbons (Fsp3) is 0.667. The monoisotopic (exact) mass is 378 g/mol. The first-order chi connectivity index (χ1) is 13.1. The minimum absolute atomic E-state index is 0.0336. The molecule has 0 aromatic heterocycles. The van der Waals surface area contributed by atoms with Crippen LogP contribution in [0.25, 0.3) is 0 Å². The molecule has 6 heteroatoms. The van der Waals surface area contributed by atoms with E-state index < -0.39 is 6.10 Å². The Morgan fingerprint density at radius 3 is 2.52 bits per heavy atom. The predicted octanol–water partition coefficient (Wildman–Crippen LogP) is 3.13. The standard InChI is InChI=1S/C21H31FN2O3/c1-2-19(27-18-8-6-17(22)7-9-18)20(25)23-16-21(10-4-3-5-11-21)24-12-14-26-15-13-24/h6-9,19H,2-5,10-16H2,1H3,(H,23,25)/t19-/m0/s1. The lowest BCUT2D eigenvalue weighted by Crippen LogP contribution is -2.60. The van der Waals surface area contributed by atoms with Crippen molar-refractivity contribution in [2.24, 2.45) is 0 Å². The van der Waals surface area contributed by atoms with E-state index in [0.29, 0.717) is 18.7 Å². The molecule has 0 spiro atoms. The number of hydrogen-bond donors (Lipinski definition) is 1. The molecule has 1 atom stereocenters. The summed E-state index contributed by atoms with van der Waals surface area (Å²) in [6.45, 7) is 5.96. The van der Waals surface area contributed by atoms with Crippen LogP contribution in [0.2, 0.25) is 0 Å². The molecule has 0 radical (unpaired) electrons. The van der Waals surface area contributed by atoms with Gasteiger partial charge in [0.1, 0.15) is 11.6 Å². The number of carbonyl (C=O) groups is 1. The Labute approximate surface area is 161 Å². The van der Waals surface area contributed by atoms with Crippen molar-refractivity contribution in [3.8, 4) is 5.75 Å². The highest BCUT2D eigenvalue weighted by molar-refractivity contribution is 5.81. The van der Waals surface area contributed by atoms with E-state index in [4.69, 9.17) is 9.47 Å². The topological polar surface area (TPSA) is 50.8 Å². The fourth-order valence-electron chi connectivity index (χ4n) is 4.22. The summed E-state index contributed by atoms with van der Waals surface area (Å²) >= 11 is 0. The van der Waals surface area contributed by atoms with Gasteiger partial charge in [-0.3, -0.25) is 9.69 Å². The molecule has 27 heavy (non-hydrogen) atoms. The number of hydrogen-bond acceptors (Lipinski definition) is 4. The predicted molar refractivity (Wildman–Crippen MR) is 102 cm³/mol. The van der Waals surface area contributed by atoms with Gasteiger partial charge >= 0.3 is 0 Å². The zero-order chi connectivity index (χ0) is 19.1. The van der Waals surface area contributed by atoms with Gasteiger partial charge in [-0.1, -0.05) is 26.2 Å². The van der Waals surface area contributed by atoms with Gasteiger partial charge < -0.3 is 14.8 Å². The Bertz CT molecular complexity index is 596. The van der Waals surface area contributed by atoms with Gasteiger partial charge in [-0.2, -0.15) is 0 Å². The highest BCUT2D eigenvalue weighted by atomic mass is 19.1. The van der Waals surface area contributed by atoms with Crippen molar-refractivity contribution in [3.63, 3.8) is 0 Å². The minimum atomic E-state index is -0.569. The maximum Gasteiger partial charge on any atom is 0.261 e. The quantitative estimate of drug-likeness (QED) is 0.792. The largest absolute Gasteiger partial charge is 0.481 e. The second kappa shape index (κ2) is 9.51. The molecule has 2 fully saturated rings. The summed E-state index contributed by atoms with van der Waals surface area (Å²) in [7, 11) is 0. The molecule has 0 unspecified atom stereocenters. The fourth-order valence-corrected chi connectivity index (χ4v) is 4.22. The molecule has 1 aromatic carbocycles. The van der Waals surface area contributed by atoms with Gasteiger partial charge in [0.2, 0.25) is 0 Å². The van der Waals surface area contributed by atoms with Crippen molar-refractivity contribution in [1.82, 2.24) is 10.2 Å². The molecule has 1 aliphatic heterocycles. The smallest absolute Gasteiger partial charge is 0.261 e. The van der Waals surface area contributed by atoms with Crippen molar-refractivity contribution < 1.29 is 18.7 Å². The summed E-state index contributed by atoms with van der Waals surface area (Å²) < 4.78 is 24.4. The first-order valence-electron chi connectivity index (χ1n) is 10.2. The van der Waals surface area contributed by atoms with Crippen molar-refractivity contribution >= 4 is 5.91 Å². The van der Waals surface area contributed by atoms with Gasteiger partial charge in [-0.15, -0.1) is 0 Å². The second-order valence-corrected chi connectivity index (χ2v) is 7.57. The van der Waals surface area contributed by atoms with Crippen LogP contribution in [0.5, 0.6) is 5.75 Å². The van der Waals surface area contributed by atoms with Crippen LogP contribution in [0.3, 0.4) is 0 Å². The van der Waals surface area contributed by atoms with E-state index >= 15 is 0 Å². The Morgan fingerprint density at radius 1 is 1.22 bits per heavy atom. The molecule has 1 N–H and O–H groups in total. The zero-order valence-corrected chi connectivity index (χ0v) is 16.2. The Balaban J connectivity index is 1.60. The molecular formula is C21H31FN2O3. The number of rotatable bonds is 7. The van der Waals surface area contributed by atoms with Crippen LogP contribution < -0.4 is 10.1 Å². The van der Waals surface area contributed by atoms with Crippen molar-refractivity contribution in [2.45, 2.75) is 57.1 Å². The summed E-state index contributed by atoms with van der Waals surface area (Å²) in [4.78, 5) is 15.3. The van der Waals surface area contributed by atoms with Crippen molar-refractivity contribution in [1.29, 1.82) is 0 Å². The van der Waals surface area contributed by atoms with Crippen molar-refractivity contribution in [3.05, 3.63) is 30.1 Å². The van der Waals surface area contributed by atoms with Gasteiger partial charge in [0.25, 0.3) is 5.91 Å². The summed E-state index contributed by atoms with van der Waals surface area (Å²) in [5, 5.41) is 3.15. The normalized spacial score (nSPS) is 21.4. The van der Waals surface area contributed by atoms with E-state index in [1.54, 1.807) is 12.1 Å². The van der Waals surface area contributed by atoms with E-state index in [9.17, 15) is 9.18 Å². The highest BCUT2D eigenvalue weighted by Gasteiger charge is 2.39. The molecule has 1 heterocycles. The average Bonchev–Trinajstić information content (AvgIpc) is 2.73. The highest BCUT2D eigenvalue weighted by Crippen LogP contribution is 2.34. The van der Waals surface area contributed by atoms with E-state index in [1.165, 1.54) is 31.4 Å². The number of morpholine rings is 1. The van der Waals surface area contributed by atoms with Crippen LogP contribution in [0.1, 0.15) is 45.4 Å². The number of ether oxygens (including phenoxy) is 2. The van der Waals surface area contributed by atoms with E-state index in [-0.39, 0.29) is 17.3 Å². The number of benzene rings is 1. The maximum atomic E-state index is 13.1. The Kier molecular flexibility index (Phi) is 7.07. The molecule has 1 aromatic rings. The van der Waals surface area contributed by atoms with Crippen LogP contribution in [0.4, 0.5) is 4.39 Å². The molecule has 150 valence electrons. The Morgan fingerprint density at radius 2 is 1.89 bits per heavy atom. The molecule has 2 aliphatic rings.